The Kier molecular flexibility index (Phi) is 4.65. The van der Waals surface area contributed by atoms with Crippen LogP contribution in [0, 0.1) is 26.7 Å². The third-order valence-corrected chi connectivity index (χ3v) is 5.97. The topological polar surface area (TPSA) is 37.8 Å². The van der Waals surface area contributed by atoms with E-state index in [1.807, 2.05) is 16.7 Å². The van der Waals surface area contributed by atoms with Crippen LogP contribution in [0.5, 0.6) is 0 Å². The Morgan fingerprint density at radius 2 is 1.66 bits per heavy atom. The zero-order chi connectivity index (χ0) is 21.0. The lowest BCUT2D eigenvalue weighted by molar-refractivity contribution is 0.426. The molecule has 0 fully saturated rings. The van der Waals surface area contributed by atoms with Gasteiger partial charge in [-0.25, -0.2) is 0 Å². The maximum absolute atomic E-state index is 13.3. The zero-order valence-corrected chi connectivity index (χ0v) is 18.3. The van der Waals surface area contributed by atoms with Crippen molar-refractivity contribution in [3.05, 3.63) is 62.7 Å². The van der Waals surface area contributed by atoms with Gasteiger partial charge < -0.3 is 9.55 Å². The molecule has 3 nitrogen and oxygen atoms in total. The normalized spacial score (nSPS) is 13.1. The lowest BCUT2D eigenvalue weighted by Crippen LogP contribution is -2.21. The standard InChI is InChI=1S/C26H30N2O/c1-14(2)10-19(7)28-22-13-18(6)27-25-20(8-9-21(24(22)25)26(28)29)23-16(4)11-15(3)12-17(23)5/h8-9,11-14,19,27H,6,10H2,1-5,7H3. The highest BCUT2D eigenvalue weighted by Crippen LogP contribution is 2.39. The Hall–Kier alpha value is -2.81. The van der Waals surface area contributed by atoms with Crippen molar-refractivity contribution in [3.8, 4) is 22.4 Å². The van der Waals surface area contributed by atoms with Crippen LogP contribution in [-0.4, -0.2) is 9.55 Å². The number of hydrogen-bond donors (Lipinski definition) is 1. The summed E-state index contributed by atoms with van der Waals surface area (Å²) in [4.78, 5) is 16.8. The summed E-state index contributed by atoms with van der Waals surface area (Å²) in [5, 5.41) is 1.61. The lowest BCUT2D eigenvalue weighted by atomic mass is 9.90. The Balaban J connectivity index is 2.06. The van der Waals surface area contributed by atoms with Crippen LogP contribution >= 0.6 is 0 Å². The minimum Gasteiger partial charge on any atom is -0.355 e. The fourth-order valence-corrected chi connectivity index (χ4v) is 5.08. The van der Waals surface area contributed by atoms with Gasteiger partial charge in [-0.1, -0.05) is 44.2 Å². The molecule has 3 heteroatoms. The number of pyridine rings is 1. The quantitative estimate of drug-likeness (QED) is 0.475. The van der Waals surface area contributed by atoms with Crippen molar-refractivity contribution >= 4 is 17.5 Å². The van der Waals surface area contributed by atoms with Crippen molar-refractivity contribution in [1.82, 2.24) is 9.55 Å². The minimum atomic E-state index is 0.0982. The second-order valence-corrected chi connectivity index (χ2v) is 9.02. The molecule has 2 heterocycles. The molecule has 0 radical (unpaired) electrons. The molecule has 0 amide bonds. The van der Waals surface area contributed by atoms with Crippen molar-refractivity contribution in [3.63, 3.8) is 0 Å². The maximum Gasteiger partial charge on any atom is 0.259 e. The number of nitrogens with zero attached hydrogens (tertiary/aromatic N) is 1. The van der Waals surface area contributed by atoms with Gasteiger partial charge in [0.15, 0.2) is 0 Å². The molecule has 1 atom stereocenters. The van der Waals surface area contributed by atoms with Gasteiger partial charge in [-0.15, -0.1) is 0 Å². The van der Waals surface area contributed by atoms with E-state index in [9.17, 15) is 4.79 Å². The first-order chi connectivity index (χ1) is 13.7. The summed E-state index contributed by atoms with van der Waals surface area (Å²) in [6.45, 7) is 17.2. The second-order valence-electron chi connectivity index (χ2n) is 9.02. The van der Waals surface area contributed by atoms with Crippen LogP contribution in [0.25, 0.3) is 39.9 Å². The van der Waals surface area contributed by atoms with Crippen molar-refractivity contribution in [2.24, 2.45) is 5.92 Å². The van der Waals surface area contributed by atoms with Crippen LogP contribution in [0.1, 0.15) is 49.9 Å². The van der Waals surface area contributed by atoms with E-state index in [2.05, 4.69) is 71.3 Å². The predicted molar refractivity (Wildman–Crippen MR) is 124 cm³/mol. The molecule has 1 N–H and O–H groups in total. The fourth-order valence-electron chi connectivity index (χ4n) is 5.08. The zero-order valence-electron chi connectivity index (χ0n) is 18.3. The monoisotopic (exact) mass is 386 g/mol. The first-order valence-corrected chi connectivity index (χ1v) is 10.5. The number of aromatic nitrogens is 2. The average Bonchev–Trinajstić information content (AvgIpc) is 2.88. The van der Waals surface area contributed by atoms with Gasteiger partial charge >= 0.3 is 0 Å². The summed E-state index contributed by atoms with van der Waals surface area (Å²) in [5.74, 6) is 0.528. The maximum atomic E-state index is 13.3. The lowest BCUT2D eigenvalue weighted by Gasteiger charge is -2.19. The molecule has 29 heavy (non-hydrogen) atoms. The number of nitrogens with one attached hydrogen (secondary N) is 1. The number of rotatable bonds is 4. The minimum absolute atomic E-state index is 0.0982. The summed E-state index contributed by atoms with van der Waals surface area (Å²) < 4.78 is 1.97. The van der Waals surface area contributed by atoms with Gasteiger partial charge in [0.2, 0.25) is 0 Å². The second kappa shape index (κ2) is 6.91. The van der Waals surface area contributed by atoms with Crippen molar-refractivity contribution < 1.29 is 0 Å². The molecule has 150 valence electrons. The largest absolute Gasteiger partial charge is 0.355 e. The SMILES string of the molecule is C=c1cc2n(C(C)CC(C)C)c(=O)c3ccc(-c4c(C)cc(C)cc4C)c([nH]1)c3-2. The Bertz CT molecular complexity index is 1270. The van der Waals surface area contributed by atoms with E-state index in [0.717, 1.165) is 39.5 Å². The summed E-state index contributed by atoms with van der Waals surface area (Å²) in [6, 6.07) is 10.7. The highest BCUT2D eigenvalue weighted by molar-refractivity contribution is 6.03. The molecule has 0 aliphatic carbocycles. The summed E-state index contributed by atoms with van der Waals surface area (Å²) in [7, 11) is 0. The Morgan fingerprint density at radius 1 is 1.00 bits per heavy atom. The number of benzene rings is 2. The molecule has 0 saturated heterocycles. The van der Waals surface area contributed by atoms with E-state index < -0.39 is 0 Å². The van der Waals surface area contributed by atoms with Crippen LogP contribution < -0.4 is 10.9 Å². The molecule has 1 unspecified atom stereocenters. The first-order valence-electron chi connectivity index (χ1n) is 10.5. The van der Waals surface area contributed by atoms with Crippen molar-refractivity contribution in [2.75, 3.05) is 0 Å². The molecule has 2 aromatic carbocycles. The highest BCUT2D eigenvalue weighted by atomic mass is 16.1. The van der Waals surface area contributed by atoms with Crippen molar-refractivity contribution in [1.29, 1.82) is 0 Å². The van der Waals surface area contributed by atoms with Gasteiger partial charge in [0, 0.05) is 22.5 Å². The van der Waals surface area contributed by atoms with Crippen LogP contribution in [0.2, 0.25) is 0 Å². The van der Waals surface area contributed by atoms with E-state index in [4.69, 9.17) is 0 Å². The molecular weight excluding hydrogens is 356 g/mol. The van der Waals surface area contributed by atoms with Crippen molar-refractivity contribution in [2.45, 2.75) is 54.0 Å². The molecule has 2 aliphatic rings. The number of H-pyrrole nitrogens is 1. The summed E-state index contributed by atoms with van der Waals surface area (Å²) in [5.41, 5.74) is 9.24. The van der Waals surface area contributed by atoms with Gasteiger partial charge in [0.1, 0.15) is 0 Å². The molecule has 0 aromatic heterocycles. The van der Waals surface area contributed by atoms with E-state index in [1.54, 1.807) is 0 Å². The predicted octanol–water partition coefficient (Wildman–Crippen LogP) is 5.76. The molecule has 0 saturated carbocycles. The smallest absolute Gasteiger partial charge is 0.259 e. The Morgan fingerprint density at radius 3 is 2.28 bits per heavy atom. The van der Waals surface area contributed by atoms with Gasteiger partial charge in [-0.05, 0) is 68.9 Å². The molecule has 2 aliphatic heterocycles. The molecular formula is C26H30N2O. The van der Waals surface area contributed by atoms with Gasteiger partial charge in [-0.2, -0.15) is 0 Å². The average molecular weight is 387 g/mol. The van der Waals surface area contributed by atoms with Crippen LogP contribution in [0.3, 0.4) is 0 Å². The number of aromatic amines is 1. The van der Waals surface area contributed by atoms with E-state index in [1.165, 1.54) is 22.3 Å². The van der Waals surface area contributed by atoms with Gasteiger partial charge in [-0.3, -0.25) is 4.79 Å². The van der Waals surface area contributed by atoms with E-state index >= 15 is 0 Å². The van der Waals surface area contributed by atoms with E-state index in [-0.39, 0.29) is 11.6 Å². The van der Waals surface area contributed by atoms with Crippen LogP contribution in [-0.2, 0) is 0 Å². The number of hydrogen-bond acceptors (Lipinski definition) is 1. The Labute approximate surface area is 172 Å². The van der Waals surface area contributed by atoms with Crippen LogP contribution in [0.4, 0.5) is 0 Å². The van der Waals surface area contributed by atoms with Gasteiger partial charge in [0.05, 0.1) is 16.6 Å². The molecule has 4 rings (SSSR count). The third kappa shape index (κ3) is 3.09. The van der Waals surface area contributed by atoms with Gasteiger partial charge in [0.25, 0.3) is 5.56 Å². The third-order valence-electron chi connectivity index (χ3n) is 5.97. The number of aryl methyl sites for hydroxylation is 3. The first kappa shape index (κ1) is 19.5. The van der Waals surface area contributed by atoms with E-state index in [0.29, 0.717) is 5.92 Å². The molecule has 0 spiro atoms. The highest BCUT2D eigenvalue weighted by Gasteiger charge is 2.25. The van der Waals surface area contributed by atoms with Crippen LogP contribution in [0.15, 0.2) is 35.1 Å². The molecule has 2 aromatic rings. The fraction of sp³-hybridized carbons (Fsp3) is 0.346. The molecule has 0 bridgehead atoms. The summed E-state index contributed by atoms with van der Waals surface area (Å²) in [6.07, 6.45) is 0.968. The summed E-state index contributed by atoms with van der Waals surface area (Å²) >= 11 is 0.